The fourth-order valence-corrected chi connectivity index (χ4v) is 1.85. The van der Waals surface area contributed by atoms with Gasteiger partial charge in [-0.1, -0.05) is 0 Å². The van der Waals surface area contributed by atoms with Crippen LogP contribution in [0, 0.1) is 0 Å². The predicted octanol–water partition coefficient (Wildman–Crippen LogP) is 1.22. The molecular weight excluding hydrogens is 234 g/mol. The molecule has 1 aromatic carbocycles. The molecular formula is C12H9N3O3. The lowest BCUT2D eigenvalue weighted by Crippen LogP contribution is -2.25. The SMILES string of the molecule is O=Cc1[nH]cnc1-c1ccc2c(c1)NC(=O)CO2. The molecule has 0 unspecified atom stereocenters. The van der Waals surface area contributed by atoms with Crippen molar-refractivity contribution in [3.05, 3.63) is 30.2 Å². The third-order valence-corrected chi connectivity index (χ3v) is 2.67. The lowest BCUT2D eigenvalue weighted by Gasteiger charge is -2.18. The van der Waals surface area contributed by atoms with Crippen LogP contribution in [0.4, 0.5) is 5.69 Å². The summed E-state index contributed by atoms with van der Waals surface area (Å²) in [5, 5.41) is 2.71. The number of carbonyl (C=O) groups excluding carboxylic acids is 2. The largest absolute Gasteiger partial charge is 0.482 e. The summed E-state index contributed by atoms with van der Waals surface area (Å²) < 4.78 is 5.25. The molecule has 3 rings (SSSR count). The number of H-pyrrole nitrogens is 1. The van der Waals surface area contributed by atoms with Crippen molar-refractivity contribution in [1.29, 1.82) is 0 Å². The number of hydrogen-bond donors (Lipinski definition) is 2. The monoisotopic (exact) mass is 243 g/mol. The first kappa shape index (κ1) is 10.5. The molecule has 0 atom stereocenters. The molecule has 0 spiro atoms. The molecule has 0 radical (unpaired) electrons. The summed E-state index contributed by atoms with van der Waals surface area (Å²) in [4.78, 5) is 28.9. The number of carbonyl (C=O) groups is 2. The smallest absolute Gasteiger partial charge is 0.262 e. The number of aromatic amines is 1. The number of imidazole rings is 1. The van der Waals surface area contributed by atoms with Crippen LogP contribution in [0.5, 0.6) is 5.75 Å². The van der Waals surface area contributed by atoms with Crippen LogP contribution in [-0.4, -0.2) is 28.8 Å². The number of benzene rings is 1. The summed E-state index contributed by atoms with van der Waals surface area (Å²) in [6.07, 6.45) is 2.16. The highest BCUT2D eigenvalue weighted by Crippen LogP contribution is 2.32. The van der Waals surface area contributed by atoms with Crippen LogP contribution in [0.15, 0.2) is 24.5 Å². The third kappa shape index (κ3) is 1.64. The van der Waals surface area contributed by atoms with Gasteiger partial charge in [-0.2, -0.15) is 0 Å². The van der Waals surface area contributed by atoms with Crippen LogP contribution in [0.3, 0.4) is 0 Å². The van der Waals surface area contributed by atoms with Gasteiger partial charge in [0.15, 0.2) is 12.9 Å². The Kier molecular flexibility index (Phi) is 2.33. The molecule has 6 nitrogen and oxygen atoms in total. The highest BCUT2D eigenvalue weighted by Gasteiger charge is 2.17. The summed E-state index contributed by atoms with van der Waals surface area (Å²) in [5.41, 5.74) is 2.28. The number of nitrogens with zero attached hydrogens (tertiary/aromatic N) is 1. The molecule has 1 aliphatic heterocycles. The topological polar surface area (TPSA) is 84.1 Å². The van der Waals surface area contributed by atoms with E-state index in [1.807, 2.05) is 0 Å². The first-order valence-electron chi connectivity index (χ1n) is 5.33. The van der Waals surface area contributed by atoms with E-state index in [-0.39, 0.29) is 12.5 Å². The molecule has 1 aromatic heterocycles. The molecule has 2 aromatic rings. The number of nitrogens with one attached hydrogen (secondary N) is 2. The zero-order valence-corrected chi connectivity index (χ0v) is 9.27. The van der Waals surface area contributed by atoms with Gasteiger partial charge in [-0.05, 0) is 18.2 Å². The van der Waals surface area contributed by atoms with Gasteiger partial charge >= 0.3 is 0 Å². The average molecular weight is 243 g/mol. The van der Waals surface area contributed by atoms with Crippen LogP contribution < -0.4 is 10.1 Å². The maximum Gasteiger partial charge on any atom is 0.262 e. The molecule has 6 heteroatoms. The molecule has 2 heterocycles. The van der Waals surface area contributed by atoms with Crippen LogP contribution in [-0.2, 0) is 4.79 Å². The van der Waals surface area contributed by atoms with Gasteiger partial charge in [-0.25, -0.2) is 4.98 Å². The fourth-order valence-electron chi connectivity index (χ4n) is 1.85. The Bertz CT molecular complexity index is 633. The first-order valence-corrected chi connectivity index (χ1v) is 5.33. The lowest BCUT2D eigenvalue weighted by atomic mass is 10.1. The summed E-state index contributed by atoms with van der Waals surface area (Å²) in [6, 6.07) is 5.27. The Morgan fingerprint density at radius 1 is 1.39 bits per heavy atom. The Morgan fingerprint density at radius 3 is 3.11 bits per heavy atom. The molecule has 90 valence electrons. The van der Waals surface area contributed by atoms with Crippen LogP contribution >= 0.6 is 0 Å². The predicted molar refractivity (Wildman–Crippen MR) is 63.5 cm³/mol. The van der Waals surface area contributed by atoms with Gasteiger partial charge in [0, 0.05) is 5.56 Å². The van der Waals surface area contributed by atoms with Gasteiger partial charge in [0.2, 0.25) is 0 Å². The minimum absolute atomic E-state index is 0.0222. The molecule has 1 amide bonds. The Morgan fingerprint density at radius 2 is 2.28 bits per heavy atom. The van der Waals surface area contributed by atoms with Crippen LogP contribution in [0.2, 0.25) is 0 Å². The van der Waals surface area contributed by atoms with Crippen molar-refractivity contribution in [3.8, 4) is 17.0 Å². The zero-order valence-electron chi connectivity index (χ0n) is 9.27. The summed E-state index contributed by atoms with van der Waals surface area (Å²) >= 11 is 0. The summed E-state index contributed by atoms with van der Waals surface area (Å²) in [6.45, 7) is 0.0222. The number of anilines is 1. The second-order valence-corrected chi connectivity index (χ2v) is 3.83. The molecule has 0 fully saturated rings. The van der Waals surface area contributed by atoms with Crippen molar-refractivity contribution in [2.24, 2.45) is 0 Å². The molecule has 2 N–H and O–H groups in total. The minimum Gasteiger partial charge on any atom is -0.482 e. The Hall–Kier alpha value is -2.63. The second kappa shape index (κ2) is 3.99. The van der Waals surface area contributed by atoms with Crippen molar-refractivity contribution in [3.63, 3.8) is 0 Å². The van der Waals surface area contributed by atoms with Crippen LogP contribution in [0.25, 0.3) is 11.3 Å². The Balaban J connectivity index is 2.07. The quantitative estimate of drug-likeness (QED) is 0.777. The fraction of sp³-hybridized carbons (Fsp3) is 0.0833. The highest BCUT2D eigenvalue weighted by molar-refractivity contribution is 5.96. The van der Waals surface area contributed by atoms with Gasteiger partial charge in [0.1, 0.15) is 11.4 Å². The van der Waals surface area contributed by atoms with E-state index < -0.39 is 0 Å². The van der Waals surface area contributed by atoms with E-state index in [1.165, 1.54) is 6.33 Å². The third-order valence-electron chi connectivity index (χ3n) is 2.67. The van der Waals surface area contributed by atoms with Gasteiger partial charge in [-0.15, -0.1) is 0 Å². The van der Waals surface area contributed by atoms with E-state index in [4.69, 9.17) is 4.74 Å². The van der Waals surface area contributed by atoms with Crippen LogP contribution in [0.1, 0.15) is 10.5 Å². The van der Waals surface area contributed by atoms with Gasteiger partial charge in [0.25, 0.3) is 5.91 Å². The maximum atomic E-state index is 11.2. The number of amides is 1. The molecule has 0 saturated carbocycles. The first-order chi connectivity index (χ1) is 8.78. The Labute approximate surface area is 102 Å². The van der Waals surface area contributed by atoms with Gasteiger partial charge in [0.05, 0.1) is 17.7 Å². The number of fused-ring (bicyclic) bond motifs is 1. The molecule has 0 bridgehead atoms. The summed E-state index contributed by atoms with van der Waals surface area (Å²) in [5.74, 6) is 0.416. The van der Waals surface area contributed by atoms with Crippen molar-refractivity contribution >= 4 is 17.9 Å². The normalized spacial score (nSPS) is 13.4. The van der Waals surface area contributed by atoms with Crippen molar-refractivity contribution in [2.75, 3.05) is 11.9 Å². The van der Waals surface area contributed by atoms with E-state index >= 15 is 0 Å². The molecule has 1 aliphatic rings. The number of rotatable bonds is 2. The standard InChI is InChI=1S/C12H9N3O3/c16-4-9-12(14-6-13-9)7-1-2-10-8(3-7)15-11(17)5-18-10/h1-4,6H,5H2,(H,13,14)(H,15,17). The van der Waals surface area contributed by atoms with E-state index in [0.29, 0.717) is 29.1 Å². The van der Waals surface area contributed by atoms with Gasteiger partial charge < -0.3 is 15.0 Å². The van der Waals surface area contributed by atoms with E-state index in [1.54, 1.807) is 18.2 Å². The average Bonchev–Trinajstić information content (AvgIpc) is 2.86. The molecule has 0 aliphatic carbocycles. The van der Waals surface area contributed by atoms with Crippen molar-refractivity contribution < 1.29 is 14.3 Å². The number of hydrogen-bond acceptors (Lipinski definition) is 4. The maximum absolute atomic E-state index is 11.2. The van der Waals surface area contributed by atoms with E-state index in [2.05, 4.69) is 15.3 Å². The second-order valence-electron chi connectivity index (χ2n) is 3.83. The molecule has 18 heavy (non-hydrogen) atoms. The lowest BCUT2D eigenvalue weighted by molar-refractivity contribution is -0.118. The number of aromatic nitrogens is 2. The summed E-state index contributed by atoms with van der Waals surface area (Å²) in [7, 11) is 0. The van der Waals surface area contributed by atoms with Crippen molar-refractivity contribution in [2.45, 2.75) is 0 Å². The van der Waals surface area contributed by atoms with Crippen molar-refractivity contribution in [1.82, 2.24) is 9.97 Å². The number of ether oxygens (including phenoxy) is 1. The molecule has 0 saturated heterocycles. The highest BCUT2D eigenvalue weighted by atomic mass is 16.5. The van der Waals surface area contributed by atoms with E-state index in [0.717, 1.165) is 5.56 Å². The van der Waals surface area contributed by atoms with Gasteiger partial charge in [-0.3, -0.25) is 9.59 Å². The zero-order chi connectivity index (χ0) is 12.5. The van der Waals surface area contributed by atoms with E-state index in [9.17, 15) is 9.59 Å². The number of aldehydes is 1. The minimum atomic E-state index is -0.197.